The summed E-state index contributed by atoms with van der Waals surface area (Å²) in [5, 5.41) is 15.8. The van der Waals surface area contributed by atoms with Gasteiger partial charge in [0.2, 0.25) is 0 Å². The Morgan fingerprint density at radius 1 is 1.75 bits per heavy atom. The van der Waals surface area contributed by atoms with Gasteiger partial charge in [0.15, 0.2) is 0 Å². The van der Waals surface area contributed by atoms with Crippen molar-refractivity contribution in [2.75, 3.05) is 0 Å². The van der Waals surface area contributed by atoms with Crippen LogP contribution in [0.25, 0.3) is 0 Å². The van der Waals surface area contributed by atoms with Gasteiger partial charge < -0.3 is 14.5 Å². The molecule has 0 saturated carbocycles. The third kappa shape index (κ3) is 10.2. The Morgan fingerprint density at radius 3 is 1.88 bits per heavy atom. The fourth-order valence-electron chi connectivity index (χ4n) is 0. The van der Waals surface area contributed by atoms with Gasteiger partial charge in [0.1, 0.15) is 6.10 Å². The summed E-state index contributed by atoms with van der Waals surface area (Å²) >= 11 is 0. The quantitative estimate of drug-likeness (QED) is 0.370. The third-order valence-corrected chi connectivity index (χ3v) is 0.357. The van der Waals surface area contributed by atoms with E-state index in [4.69, 9.17) is 10.2 Å². The van der Waals surface area contributed by atoms with Crippen molar-refractivity contribution in [3.63, 3.8) is 0 Å². The van der Waals surface area contributed by atoms with E-state index in [1.807, 2.05) is 0 Å². The van der Waals surface area contributed by atoms with Crippen LogP contribution in [0, 0.1) is 0 Å². The summed E-state index contributed by atoms with van der Waals surface area (Å²) in [7, 11) is 0. The predicted octanol–water partition coefficient (Wildman–Crippen LogP) is -3.59. The minimum atomic E-state index is -1.23. The summed E-state index contributed by atoms with van der Waals surface area (Å²) < 4.78 is 0. The van der Waals surface area contributed by atoms with E-state index in [1.165, 1.54) is 6.92 Å². The molecule has 5 heteroatoms. The fourth-order valence-corrected chi connectivity index (χ4v) is 0. The summed E-state index contributed by atoms with van der Waals surface area (Å²) in [6, 6.07) is 0. The minimum Gasteiger partial charge on any atom is -1.00 e. The van der Waals surface area contributed by atoms with Gasteiger partial charge in [0.05, 0.1) is 0 Å². The molecule has 0 aliphatic rings. The Kier molecular flexibility index (Phi) is 16.5. The number of aliphatic carboxylic acids is 1. The Morgan fingerprint density at radius 2 is 1.88 bits per heavy atom. The van der Waals surface area contributed by atoms with Crippen molar-refractivity contribution in [2.45, 2.75) is 13.0 Å². The topological polar surface area (TPSA) is 57.5 Å². The van der Waals surface area contributed by atoms with E-state index in [1.54, 1.807) is 0 Å². The molecule has 1 unspecified atom stereocenters. The van der Waals surface area contributed by atoms with E-state index in [2.05, 4.69) is 0 Å². The molecule has 0 aliphatic heterocycles. The van der Waals surface area contributed by atoms with Crippen molar-refractivity contribution in [3.8, 4) is 0 Å². The molecule has 0 aliphatic carbocycles. The second-order valence-corrected chi connectivity index (χ2v) is 1.01. The van der Waals surface area contributed by atoms with E-state index in [-0.39, 0.29) is 56.9 Å². The number of aliphatic hydroxyl groups is 1. The van der Waals surface area contributed by atoms with Crippen LogP contribution in [0.5, 0.6) is 0 Å². The minimum absolute atomic E-state index is 0. The van der Waals surface area contributed by atoms with E-state index >= 15 is 0 Å². The largest absolute Gasteiger partial charge is 2.00 e. The summed E-state index contributed by atoms with van der Waals surface area (Å²) in [4.78, 5) is 9.45. The summed E-state index contributed by atoms with van der Waals surface area (Å²) in [6.07, 6.45) is -1.23. The van der Waals surface area contributed by atoms with E-state index in [0.717, 1.165) is 0 Å². The number of hydrogen-bond acceptors (Lipinski definition) is 2. The van der Waals surface area contributed by atoms with Crippen molar-refractivity contribution in [1.29, 1.82) is 0 Å². The number of carboxylic acids is 1. The molecule has 8 heavy (non-hydrogen) atoms. The van der Waals surface area contributed by atoms with Crippen LogP contribution < -0.4 is 29.6 Å². The van der Waals surface area contributed by atoms with Gasteiger partial charge in [0.25, 0.3) is 0 Å². The zero-order chi connectivity index (χ0) is 5.15. The fraction of sp³-hybridized carbons (Fsp3) is 0.667. The molecule has 0 heterocycles. The first kappa shape index (κ1) is 16.1. The number of rotatable bonds is 1. The molecule has 0 bridgehead atoms. The molecule has 3 nitrogen and oxygen atoms in total. The normalized spacial score (nSPS) is 10.2. The SMILES string of the molecule is CC(O)C(=O)O.[H-].[H-].[H-].[Mg+2].[Na+]. The smallest absolute Gasteiger partial charge is 1.00 e. The van der Waals surface area contributed by atoms with Crippen molar-refractivity contribution >= 4 is 29.0 Å². The van der Waals surface area contributed by atoms with E-state index < -0.39 is 12.1 Å². The van der Waals surface area contributed by atoms with Gasteiger partial charge in [-0.05, 0) is 6.92 Å². The summed E-state index contributed by atoms with van der Waals surface area (Å²) in [5.41, 5.74) is 0. The second kappa shape index (κ2) is 8.20. The van der Waals surface area contributed by atoms with Crippen LogP contribution in [0.3, 0.4) is 0 Å². The molecule has 0 aromatic rings. The van der Waals surface area contributed by atoms with Crippen molar-refractivity contribution < 1.29 is 48.8 Å². The van der Waals surface area contributed by atoms with Gasteiger partial charge in [-0.1, -0.05) is 0 Å². The van der Waals surface area contributed by atoms with Crippen molar-refractivity contribution in [1.82, 2.24) is 0 Å². The Hall–Kier alpha value is 1.20. The molecular weight excluding hydrogens is 131 g/mol. The van der Waals surface area contributed by atoms with Gasteiger partial charge >= 0.3 is 58.6 Å². The van der Waals surface area contributed by atoms with Crippen LogP contribution in [0.4, 0.5) is 0 Å². The van der Waals surface area contributed by atoms with Crippen LogP contribution in [-0.4, -0.2) is 45.3 Å². The monoisotopic (exact) mass is 140 g/mol. The van der Waals surface area contributed by atoms with Crippen molar-refractivity contribution in [2.24, 2.45) is 0 Å². The van der Waals surface area contributed by atoms with Gasteiger partial charge in [-0.25, -0.2) is 4.79 Å². The first-order chi connectivity index (χ1) is 2.64. The molecule has 0 aromatic carbocycles. The average molecular weight is 140 g/mol. The van der Waals surface area contributed by atoms with Gasteiger partial charge in [-0.2, -0.15) is 0 Å². The molecule has 1 atom stereocenters. The van der Waals surface area contributed by atoms with Crippen LogP contribution in [0.1, 0.15) is 11.2 Å². The molecule has 0 rings (SSSR count). The maximum Gasteiger partial charge on any atom is 2.00 e. The van der Waals surface area contributed by atoms with Crippen molar-refractivity contribution in [3.05, 3.63) is 0 Å². The zero-order valence-corrected chi connectivity index (χ0v) is 8.50. The van der Waals surface area contributed by atoms with Gasteiger partial charge in [0, 0.05) is 0 Å². The number of carbonyl (C=O) groups is 1. The van der Waals surface area contributed by atoms with Crippen LogP contribution in [-0.2, 0) is 4.79 Å². The molecule has 2 N–H and O–H groups in total. The molecule has 0 fully saturated rings. The number of carboxylic acid groups (broad SMARTS) is 1. The first-order valence-electron chi connectivity index (χ1n) is 1.55. The standard InChI is InChI=1S/C3H6O3.Mg.Na.3H/c1-2(4)3(5)6;;;;;/h2,4H,1H3,(H,5,6);;;;;/q;+2;+1;3*-1. The van der Waals surface area contributed by atoms with Gasteiger partial charge in [-0.15, -0.1) is 0 Å². The molecule has 0 amide bonds. The maximum absolute atomic E-state index is 9.45. The number of aliphatic hydroxyl groups excluding tert-OH is 1. The van der Waals surface area contributed by atoms with E-state index in [9.17, 15) is 4.79 Å². The van der Waals surface area contributed by atoms with Crippen LogP contribution >= 0.6 is 0 Å². The molecular formula is C3H9MgNaO3. The third-order valence-electron chi connectivity index (χ3n) is 0.357. The first-order valence-corrected chi connectivity index (χ1v) is 1.55. The molecule has 0 saturated heterocycles. The summed E-state index contributed by atoms with van der Waals surface area (Å²) in [6.45, 7) is 1.20. The zero-order valence-electron chi connectivity index (χ0n) is 8.09. The predicted molar refractivity (Wildman–Crippen MR) is 28.4 cm³/mol. The molecule has 0 radical (unpaired) electrons. The Labute approximate surface area is 90.4 Å². The van der Waals surface area contributed by atoms with Crippen LogP contribution in [0.15, 0.2) is 0 Å². The van der Waals surface area contributed by atoms with Gasteiger partial charge in [-0.3, -0.25) is 0 Å². The maximum atomic E-state index is 9.45. The summed E-state index contributed by atoms with van der Waals surface area (Å²) in [5.74, 6) is -1.19. The molecule has 0 aromatic heterocycles. The van der Waals surface area contributed by atoms with E-state index in [0.29, 0.717) is 0 Å². The number of hydrogen-bond donors (Lipinski definition) is 2. The second-order valence-electron chi connectivity index (χ2n) is 1.01. The molecule has 42 valence electrons. The Bertz CT molecular complexity index is 74.8. The Balaban J connectivity index is -0.0000000125. The van der Waals surface area contributed by atoms with Crippen LogP contribution in [0.2, 0.25) is 0 Å². The molecule has 0 spiro atoms. The average Bonchev–Trinajstić information content (AvgIpc) is 1.36.